The second-order valence-electron chi connectivity index (χ2n) is 38.8. The van der Waals surface area contributed by atoms with Crippen molar-refractivity contribution in [1.82, 2.24) is 9.80 Å². The van der Waals surface area contributed by atoms with Gasteiger partial charge in [-0.05, 0) is 352 Å². The molecule has 15 aromatic carbocycles. The Balaban J connectivity index is 0.000000133. The lowest BCUT2D eigenvalue weighted by Gasteiger charge is -2.19. The first-order valence-electron chi connectivity index (χ1n) is 51.2. The predicted octanol–water partition coefficient (Wildman–Crippen LogP) is 25.6. The average molecular weight is 1990 g/mol. The fourth-order valence-corrected chi connectivity index (χ4v) is 21.0. The molecule has 19 heteroatoms. The zero-order valence-electron chi connectivity index (χ0n) is 86.7. The molecule has 0 radical (unpaired) electrons. The number of carbonyl (C=O) groups is 4. The Kier molecular flexibility index (Phi) is 36.5. The van der Waals surface area contributed by atoms with Gasteiger partial charge in [-0.15, -0.1) is 0 Å². The highest BCUT2D eigenvalue weighted by Gasteiger charge is 2.30. The van der Waals surface area contributed by atoms with E-state index in [0.29, 0.717) is 28.2 Å². The van der Waals surface area contributed by atoms with Crippen LogP contribution in [0.2, 0.25) is 0 Å². The maximum absolute atomic E-state index is 11.1. The van der Waals surface area contributed by atoms with Gasteiger partial charge in [-0.1, -0.05) is 200 Å². The first kappa shape index (κ1) is 106. The molecule has 20 rings (SSSR count). The van der Waals surface area contributed by atoms with E-state index in [1.807, 2.05) is 91.0 Å². The van der Waals surface area contributed by atoms with Crippen LogP contribution in [-0.2, 0) is 142 Å². The molecule has 3 aliphatic heterocycles. The highest BCUT2D eigenvalue weighted by atomic mass is 16.5. The van der Waals surface area contributed by atoms with Gasteiger partial charge in [0, 0.05) is 88.4 Å². The van der Waals surface area contributed by atoms with Gasteiger partial charge in [0.1, 0.15) is 46.0 Å². The normalized spacial score (nSPS) is 13.3. The second-order valence-corrected chi connectivity index (χ2v) is 38.8. The van der Waals surface area contributed by atoms with Crippen LogP contribution in [-0.4, -0.2) is 118 Å². The molecule has 0 spiro atoms. The summed E-state index contributed by atoms with van der Waals surface area (Å²) in [7, 11) is 13.5. The topological polar surface area (TPSA) is 233 Å². The van der Waals surface area contributed by atoms with Crippen molar-refractivity contribution < 1.29 is 77.5 Å². The van der Waals surface area contributed by atoms with Crippen molar-refractivity contribution in [2.75, 3.05) is 68.3 Å². The summed E-state index contributed by atoms with van der Waals surface area (Å²) in [5.41, 5.74) is 37.4. The van der Waals surface area contributed by atoms with Gasteiger partial charge in [-0.3, -0.25) is 9.80 Å². The molecule has 0 aromatic heterocycles. The number of ether oxygens (including phenoxy) is 8. The molecule has 19 nitrogen and oxygen atoms in total. The average Bonchev–Trinajstić information content (AvgIpc) is 1.66. The van der Waals surface area contributed by atoms with Crippen molar-refractivity contribution in [2.24, 2.45) is 0 Å². The summed E-state index contributed by atoms with van der Waals surface area (Å²) in [6.07, 6.45) is 17.9. The summed E-state index contributed by atoms with van der Waals surface area (Å²) in [6.45, 7) is 9.83. The predicted molar refractivity (Wildman–Crippen MR) is 589 cm³/mol. The lowest BCUT2D eigenvalue weighted by molar-refractivity contribution is 0.0686. The Labute approximate surface area is 875 Å². The van der Waals surface area contributed by atoms with Crippen LogP contribution in [0.3, 0.4) is 0 Å². The van der Waals surface area contributed by atoms with E-state index in [0.717, 1.165) is 223 Å². The molecule has 3 heterocycles. The van der Waals surface area contributed by atoms with E-state index in [-0.39, 0.29) is 0 Å². The zero-order chi connectivity index (χ0) is 104. The Hall–Kier alpha value is -16.0. The molecule has 15 aromatic rings. The number of benzene rings is 15. The molecule has 0 fully saturated rings. The minimum atomic E-state index is -0.892. The third-order valence-corrected chi connectivity index (χ3v) is 29.1. The van der Waals surface area contributed by atoms with Gasteiger partial charge >= 0.3 is 23.9 Å². The maximum atomic E-state index is 11.1. The molecule has 764 valence electrons. The maximum Gasteiger partial charge on any atom is 0.335 e. The molecular formula is C130H133N3O16. The lowest BCUT2D eigenvalue weighted by atomic mass is 9.88. The number of carboxylic acid groups (broad SMARTS) is 4. The SMILES string of the molecule is COc1cc(CC2=CCc3cccc(CCc4ccc(C(=O)O)cc4)c32)cc(OC)c1.COc1cc(CC2CCc3cccc(CCc4ccc(C(=O)O)cc4)c32)cc(OC)c1.COc1cc(OC)cc(N2Cc3cccc(CCc4ccc(C)cc4)c3C2)c1.COc1cccc(CCN2Cc3cccc(CCc4ccc(C(=O)O)cc4)c3C2)c1.COc1cccc(CN2Cc3cccc(CCc4ccc(C(=O)O)cc4)c3C2)c1. The van der Waals surface area contributed by atoms with Crippen LogP contribution in [0.1, 0.15) is 193 Å². The number of fused-ring (bicyclic) bond motifs is 5. The number of allylic oxidation sites excluding steroid dienone is 2. The van der Waals surface area contributed by atoms with Gasteiger partial charge < -0.3 is 63.2 Å². The first-order chi connectivity index (χ1) is 72.5. The molecule has 2 aliphatic carbocycles. The number of aromatic carboxylic acids is 4. The van der Waals surface area contributed by atoms with Crippen LogP contribution in [0, 0.1) is 6.92 Å². The number of hydrogen-bond acceptors (Lipinski definition) is 15. The second kappa shape index (κ2) is 51.4. The molecule has 0 saturated heterocycles. The lowest BCUT2D eigenvalue weighted by Crippen LogP contribution is -2.19. The molecule has 149 heavy (non-hydrogen) atoms. The summed E-state index contributed by atoms with van der Waals surface area (Å²) in [6, 6.07) is 106. The summed E-state index contributed by atoms with van der Waals surface area (Å²) in [4.78, 5) is 51.5. The fraction of sp³-hybridized carbons (Fsp3) is 0.262. The van der Waals surface area contributed by atoms with Gasteiger partial charge in [0.15, 0.2) is 0 Å². The third kappa shape index (κ3) is 28.5. The van der Waals surface area contributed by atoms with E-state index < -0.39 is 23.9 Å². The van der Waals surface area contributed by atoms with Crippen LogP contribution in [0.5, 0.6) is 46.0 Å². The Bertz CT molecular complexity index is 7100. The van der Waals surface area contributed by atoms with Crippen molar-refractivity contribution in [3.63, 3.8) is 0 Å². The van der Waals surface area contributed by atoms with Crippen LogP contribution in [0.15, 0.2) is 322 Å². The van der Waals surface area contributed by atoms with Crippen LogP contribution in [0.4, 0.5) is 5.69 Å². The van der Waals surface area contributed by atoms with Gasteiger partial charge in [0.05, 0.1) is 79.1 Å². The first-order valence-corrected chi connectivity index (χ1v) is 51.2. The number of aryl methyl sites for hydroxylation is 12. The van der Waals surface area contributed by atoms with E-state index in [4.69, 9.17) is 58.3 Å². The van der Waals surface area contributed by atoms with E-state index in [9.17, 15) is 19.2 Å². The standard InChI is InChI=1S/C27H28O4.C27H26O4.C26H27NO3.C25H25NO3.C25H27NO2/c2*1-30-24-15-19(16-25(17-24)31-2)14-23-13-12-21-5-3-4-20(26(21)23)9-6-18-7-10-22(11-8-18)27(28)29;1-30-24-7-2-4-20(16-24)14-15-27-17-23-6-3-5-21(25(23)18-27)11-8-19-9-12-22(13-10-19)26(28)29;1-29-23-7-2-4-19(14-23)15-26-16-22-6-3-5-20(24(22)17-26)11-8-18-9-12-21(13-10-18)25(27)28;1-18-7-9-19(10-8-18)11-12-20-5-4-6-21-16-26(17-25(20)21)22-13-23(27-2)15-24(14-22)28-3/h3-5,7-8,10-11,15-17,23H,6,9,12-14H2,1-2H3,(H,28,29);3-5,7-8,10-11,13,15-17H,6,9,12,14H2,1-2H3,(H,28,29);2-7,9-10,12-13,16H,8,11,14-15,17-18H2,1H3,(H,28,29);2-7,9-10,12-14H,8,11,15-17H2,1H3,(H,27,28);4-10,13-15H,11-12,16-17H2,1-3H3. The molecular weight excluding hydrogens is 1860 g/mol. The van der Waals surface area contributed by atoms with Gasteiger partial charge in [-0.25, -0.2) is 19.2 Å². The molecule has 1 unspecified atom stereocenters. The van der Waals surface area contributed by atoms with E-state index in [1.165, 1.54) is 128 Å². The minimum Gasteiger partial charge on any atom is -0.497 e. The third-order valence-electron chi connectivity index (χ3n) is 29.1. The molecule has 5 aliphatic rings. The van der Waals surface area contributed by atoms with Gasteiger partial charge in [-0.2, -0.15) is 0 Å². The number of nitrogens with zero attached hydrogens (tertiary/aromatic N) is 3. The molecule has 4 N–H and O–H groups in total. The van der Waals surface area contributed by atoms with Crippen LogP contribution < -0.4 is 42.8 Å². The number of anilines is 1. The quantitative estimate of drug-likeness (QED) is 0.0283. The molecule has 0 bridgehead atoms. The summed E-state index contributed by atoms with van der Waals surface area (Å²) in [5.74, 6) is 3.65. The van der Waals surface area contributed by atoms with Crippen molar-refractivity contribution in [3.8, 4) is 46.0 Å². The largest absolute Gasteiger partial charge is 0.497 e. The van der Waals surface area contributed by atoms with Crippen molar-refractivity contribution >= 4 is 35.1 Å². The number of carboxylic acids is 4. The number of rotatable bonds is 37. The van der Waals surface area contributed by atoms with Crippen LogP contribution >= 0.6 is 0 Å². The summed E-state index contributed by atoms with van der Waals surface area (Å²) in [5, 5.41) is 36.3. The minimum absolute atomic E-state index is 0.322. The highest BCUT2D eigenvalue weighted by Crippen LogP contribution is 2.43. The highest BCUT2D eigenvalue weighted by molar-refractivity contribution is 5.89. The molecule has 0 amide bonds. The monoisotopic (exact) mass is 1990 g/mol. The van der Waals surface area contributed by atoms with E-state index >= 15 is 0 Å². The molecule has 1 atom stereocenters. The zero-order valence-corrected chi connectivity index (χ0v) is 86.7. The Morgan fingerprint density at radius 2 is 0.644 bits per heavy atom. The van der Waals surface area contributed by atoms with Crippen molar-refractivity contribution in [1.29, 1.82) is 0 Å². The van der Waals surface area contributed by atoms with E-state index in [2.05, 4.69) is 204 Å². The van der Waals surface area contributed by atoms with Gasteiger partial charge in [0.2, 0.25) is 0 Å². The fourth-order valence-electron chi connectivity index (χ4n) is 21.0. The van der Waals surface area contributed by atoms with Crippen molar-refractivity contribution in [3.05, 3.63) is 483 Å². The van der Waals surface area contributed by atoms with Crippen LogP contribution in [0.25, 0.3) is 5.57 Å². The summed E-state index contributed by atoms with van der Waals surface area (Å²) < 4.78 is 43.3. The Morgan fingerprint density at radius 3 is 1.09 bits per heavy atom. The Morgan fingerprint density at radius 1 is 0.295 bits per heavy atom. The number of hydrogen-bond donors (Lipinski definition) is 4. The van der Waals surface area contributed by atoms with Gasteiger partial charge in [0.25, 0.3) is 0 Å². The number of methoxy groups -OCH3 is 8. The van der Waals surface area contributed by atoms with Crippen molar-refractivity contribution in [2.45, 2.75) is 161 Å². The summed E-state index contributed by atoms with van der Waals surface area (Å²) >= 11 is 0. The smallest absolute Gasteiger partial charge is 0.335 e. The van der Waals surface area contributed by atoms with E-state index in [1.54, 1.807) is 105 Å². The molecule has 0 saturated carbocycles.